The standard InChI is InChI=1S/C21H22N4OS3/c1-21(2)11-14-15(12-26-21)29-18-16(14)17-23-24-20(25(17)19(22-18)27-3)28-10-9-13-7-5-4-6-8-13/h4-8H,9-12H2,1-3H3. The molecule has 29 heavy (non-hydrogen) atoms. The Morgan fingerprint density at radius 3 is 2.79 bits per heavy atom. The second kappa shape index (κ2) is 7.58. The van der Waals surface area contributed by atoms with Gasteiger partial charge in [-0.1, -0.05) is 53.9 Å². The van der Waals surface area contributed by atoms with Crippen LogP contribution in [-0.4, -0.2) is 37.2 Å². The van der Waals surface area contributed by atoms with Crippen molar-refractivity contribution in [1.29, 1.82) is 0 Å². The number of hydrogen-bond acceptors (Lipinski definition) is 7. The minimum atomic E-state index is -0.163. The number of fused-ring (bicyclic) bond motifs is 5. The zero-order valence-electron chi connectivity index (χ0n) is 16.6. The van der Waals surface area contributed by atoms with E-state index in [1.165, 1.54) is 16.0 Å². The number of aromatic nitrogens is 4. The van der Waals surface area contributed by atoms with Crippen LogP contribution >= 0.6 is 34.9 Å². The smallest absolute Gasteiger partial charge is 0.197 e. The molecule has 0 bridgehead atoms. The van der Waals surface area contributed by atoms with Crippen LogP contribution in [0.1, 0.15) is 29.9 Å². The maximum absolute atomic E-state index is 6.02. The predicted octanol–water partition coefficient (Wildman–Crippen LogP) is 5.25. The molecule has 4 heterocycles. The zero-order valence-corrected chi connectivity index (χ0v) is 19.1. The van der Waals surface area contributed by atoms with Crippen LogP contribution in [0.3, 0.4) is 0 Å². The maximum atomic E-state index is 6.02. The summed E-state index contributed by atoms with van der Waals surface area (Å²) in [6.45, 7) is 4.95. The number of ether oxygens (including phenoxy) is 1. The minimum Gasteiger partial charge on any atom is -0.370 e. The molecule has 0 fully saturated rings. The van der Waals surface area contributed by atoms with Gasteiger partial charge in [0.1, 0.15) is 4.83 Å². The normalized spacial score (nSPS) is 15.8. The molecular weight excluding hydrogens is 420 g/mol. The molecule has 0 unspecified atom stereocenters. The topological polar surface area (TPSA) is 52.3 Å². The van der Waals surface area contributed by atoms with Crippen molar-refractivity contribution in [2.45, 2.75) is 49.2 Å². The molecule has 0 saturated carbocycles. The summed E-state index contributed by atoms with van der Waals surface area (Å²) in [4.78, 5) is 7.28. The fourth-order valence-corrected chi connectivity index (χ4v) is 6.40. The van der Waals surface area contributed by atoms with Gasteiger partial charge in [-0.25, -0.2) is 9.38 Å². The molecule has 0 aliphatic carbocycles. The van der Waals surface area contributed by atoms with E-state index in [4.69, 9.17) is 9.72 Å². The van der Waals surface area contributed by atoms with Gasteiger partial charge < -0.3 is 4.74 Å². The Bertz CT molecular complexity index is 1180. The highest BCUT2D eigenvalue weighted by Gasteiger charge is 2.31. The van der Waals surface area contributed by atoms with Gasteiger partial charge in [0.05, 0.1) is 17.6 Å². The Labute approximate surface area is 182 Å². The molecule has 0 N–H and O–H groups in total. The number of nitrogens with zero attached hydrogens (tertiary/aromatic N) is 4. The molecule has 1 aromatic carbocycles. The van der Waals surface area contributed by atoms with E-state index in [0.717, 1.165) is 44.8 Å². The third-order valence-corrected chi connectivity index (χ3v) is 7.83. The molecule has 5 rings (SSSR count). The Morgan fingerprint density at radius 2 is 2.00 bits per heavy atom. The quantitative estimate of drug-likeness (QED) is 0.311. The zero-order chi connectivity index (χ0) is 20.0. The van der Waals surface area contributed by atoms with Crippen molar-refractivity contribution >= 4 is 50.7 Å². The first kappa shape index (κ1) is 19.4. The van der Waals surface area contributed by atoms with Crippen molar-refractivity contribution in [3.8, 4) is 0 Å². The summed E-state index contributed by atoms with van der Waals surface area (Å²) < 4.78 is 8.16. The summed E-state index contributed by atoms with van der Waals surface area (Å²) >= 11 is 5.12. The lowest BCUT2D eigenvalue weighted by molar-refractivity contribution is -0.0379. The molecule has 0 amide bonds. The number of thioether (sulfide) groups is 2. The fraction of sp³-hybridized carbons (Fsp3) is 0.381. The van der Waals surface area contributed by atoms with Crippen LogP contribution in [0.4, 0.5) is 0 Å². The summed E-state index contributed by atoms with van der Waals surface area (Å²) in [5.74, 6) is 0.958. The average molecular weight is 443 g/mol. The summed E-state index contributed by atoms with van der Waals surface area (Å²) in [6, 6.07) is 10.6. The van der Waals surface area contributed by atoms with Crippen molar-refractivity contribution in [3.05, 3.63) is 46.3 Å². The Balaban J connectivity index is 1.55. The van der Waals surface area contributed by atoms with Crippen molar-refractivity contribution in [3.63, 3.8) is 0 Å². The number of aryl methyl sites for hydroxylation is 1. The van der Waals surface area contributed by atoms with Gasteiger partial charge in [-0.3, -0.25) is 0 Å². The van der Waals surface area contributed by atoms with Crippen LogP contribution < -0.4 is 0 Å². The summed E-state index contributed by atoms with van der Waals surface area (Å²) in [5.41, 5.74) is 3.44. The van der Waals surface area contributed by atoms with Gasteiger partial charge in [-0.05, 0) is 37.7 Å². The second-order valence-corrected chi connectivity index (χ2v) is 10.7. The van der Waals surface area contributed by atoms with Gasteiger partial charge in [-0.2, -0.15) is 0 Å². The molecule has 1 aliphatic heterocycles. The van der Waals surface area contributed by atoms with Crippen LogP contribution in [-0.2, 0) is 24.2 Å². The highest BCUT2D eigenvalue weighted by Crippen LogP contribution is 2.41. The molecule has 0 atom stereocenters. The second-order valence-electron chi connectivity index (χ2n) is 7.73. The van der Waals surface area contributed by atoms with Crippen molar-refractivity contribution in [1.82, 2.24) is 19.6 Å². The highest BCUT2D eigenvalue weighted by atomic mass is 32.2. The SMILES string of the molecule is CSc1nc2sc3c(c2c2nnc(SCCc4ccccc4)n12)CC(C)(C)OC3. The lowest BCUT2D eigenvalue weighted by atomic mass is 9.94. The van der Waals surface area contributed by atoms with Crippen LogP contribution in [0, 0.1) is 0 Å². The van der Waals surface area contributed by atoms with Gasteiger partial charge in [0.2, 0.25) is 0 Å². The first-order chi connectivity index (χ1) is 14.1. The van der Waals surface area contributed by atoms with E-state index < -0.39 is 0 Å². The molecule has 0 radical (unpaired) electrons. The van der Waals surface area contributed by atoms with Gasteiger partial charge in [0.15, 0.2) is 16.0 Å². The molecule has 8 heteroatoms. The third-order valence-electron chi connectivity index (χ3n) is 5.16. The van der Waals surface area contributed by atoms with Crippen molar-refractivity contribution in [2.75, 3.05) is 12.0 Å². The monoisotopic (exact) mass is 442 g/mol. The van der Waals surface area contributed by atoms with Gasteiger partial charge in [0, 0.05) is 17.1 Å². The summed E-state index contributed by atoms with van der Waals surface area (Å²) in [5, 5.41) is 12.2. The first-order valence-electron chi connectivity index (χ1n) is 9.60. The van der Waals surface area contributed by atoms with Crippen LogP contribution in [0.5, 0.6) is 0 Å². The Hall–Kier alpha value is -1.61. The van der Waals surface area contributed by atoms with Crippen LogP contribution in [0.25, 0.3) is 15.9 Å². The maximum Gasteiger partial charge on any atom is 0.197 e. The number of rotatable bonds is 5. The molecular formula is C21H22N4OS3. The van der Waals surface area contributed by atoms with Gasteiger partial charge in [-0.15, -0.1) is 21.5 Å². The minimum absolute atomic E-state index is 0.163. The van der Waals surface area contributed by atoms with Gasteiger partial charge >= 0.3 is 0 Å². The predicted molar refractivity (Wildman–Crippen MR) is 121 cm³/mol. The molecule has 150 valence electrons. The van der Waals surface area contributed by atoms with Gasteiger partial charge in [0.25, 0.3) is 0 Å². The van der Waals surface area contributed by atoms with E-state index in [1.807, 2.05) is 0 Å². The number of thiophene rings is 1. The number of benzene rings is 1. The highest BCUT2D eigenvalue weighted by molar-refractivity contribution is 7.99. The molecule has 0 saturated heterocycles. The lowest BCUT2D eigenvalue weighted by Crippen LogP contribution is -2.31. The Morgan fingerprint density at radius 1 is 1.17 bits per heavy atom. The van der Waals surface area contributed by atoms with Crippen molar-refractivity contribution in [2.24, 2.45) is 0 Å². The lowest BCUT2D eigenvalue weighted by Gasteiger charge is -2.30. The van der Waals surface area contributed by atoms with E-state index in [0.29, 0.717) is 6.61 Å². The summed E-state index contributed by atoms with van der Waals surface area (Å²) in [6.07, 6.45) is 3.94. The molecule has 3 aromatic heterocycles. The molecule has 0 spiro atoms. The molecule has 5 nitrogen and oxygen atoms in total. The third kappa shape index (κ3) is 3.56. The van der Waals surface area contributed by atoms with E-state index >= 15 is 0 Å². The van der Waals surface area contributed by atoms with E-state index in [1.54, 1.807) is 34.9 Å². The van der Waals surface area contributed by atoms with E-state index in [-0.39, 0.29) is 5.60 Å². The van der Waals surface area contributed by atoms with Crippen molar-refractivity contribution < 1.29 is 4.74 Å². The summed E-state index contributed by atoms with van der Waals surface area (Å²) in [7, 11) is 0. The molecule has 1 aliphatic rings. The number of hydrogen-bond donors (Lipinski definition) is 0. The van der Waals surface area contributed by atoms with E-state index in [2.05, 4.69) is 65.0 Å². The first-order valence-corrected chi connectivity index (χ1v) is 12.6. The average Bonchev–Trinajstić information content (AvgIpc) is 3.28. The fourth-order valence-electron chi connectivity index (χ4n) is 3.72. The van der Waals surface area contributed by atoms with Crippen LogP contribution in [0.2, 0.25) is 0 Å². The molecule has 4 aromatic rings. The van der Waals surface area contributed by atoms with Crippen LogP contribution in [0.15, 0.2) is 40.6 Å². The van der Waals surface area contributed by atoms with E-state index in [9.17, 15) is 0 Å². The Kier molecular flexibility index (Phi) is 5.06. The largest absolute Gasteiger partial charge is 0.370 e.